The standard InChI is InChI=1S/C52H91N13O10/c1-31(2)13-9-7-12-16-35(66)30-44(67)58-36(17-22-53)46(69)62-40-21-26-57-45(68)41(27-32(3)4)63-48(71)38(19-24-55)59-47(70)37(18-23-54)61-52(75)43(29-34-14-10-8-11-15-34)65-51(74)42(28-33(5)6)64-49(72)39(20-25-56)60-50(40)73/h8,10-11,14-15,31-33,35-43,66H,7,9,12-13,16-30,53-56H2,1-6H3,(H,57,68)(H,58,67)(H,59,70)(H,60,73)(H,61,75)(H,62,69)(H,63,71)(H,64,72)(H,65,74). The summed E-state index contributed by atoms with van der Waals surface area (Å²) in [6, 6.07) is -1.55. The smallest absolute Gasteiger partial charge is 0.243 e. The van der Waals surface area contributed by atoms with Gasteiger partial charge in [0.25, 0.3) is 0 Å². The number of hydrogen-bond donors (Lipinski definition) is 14. The topological polar surface area (TPSA) is 386 Å². The van der Waals surface area contributed by atoms with Crippen LogP contribution in [0.4, 0.5) is 0 Å². The number of benzene rings is 1. The number of aliphatic hydroxyl groups is 1. The van der Waals surface area contributed by atoms with Crippen LogP contribution in [0.5, 0.6) is 0 Å². The SMILES string of the molecule is CC(C)CCCCCC(O)CC(=O)NC(CCN)C(=O)NC1CCNC(=O)C(CC(C)C)NC(=O)C(CCN)NC(=O)C(CCN)NC(=O)C(Cc2ccccc2)NC(=O)C(CC(C)C)NC(=O)C(CCN)NC1=O. The van der Waals surface area contributed by atoms with Crippen LogP contribution in [0.2, 0.25) is 0 Å². The lowest BCUT2D eigenvalue weighted by Gasteiger charge is -2.28. The van der Waals surface area contributed by atoms with E-state index in [4.69, 9.17) is 22.9 Å². The second-order valence-corrected chi connectivity index (χ2v) is 20.8. The highest BCUT2D eigenvalue weighted by Gasteiger charge is 2.35. The number of nitrogens with one attached hydrogen (secondary N) is 9. The van der Waals surface area contributed by atoms with E-state index in [2.05, 4.69) is 61.7 Å². The first-order chi connectivity index (χ1) is 35.6. The Morgan fingerprint density at radius 3 is 1.51 bits per heavy atom. The quantitative estimate of drug-likeness (QED) is 0.0495. The minimum atomic E-state index is -1.46. The van der Waals surface area contributed by atoms with E-state index in [0.717, 1.165) is 25.7 Å². The number of hydrogen-bond acceptors (Lipinski definition) is 14. The molecule has 75 heavy (non-hydrogen) atoms. The van der Waals surface area contributed by atoms with Crippen LogP contribution in [0.25, 0.3) is 0 Å². The molecule has 0 bridgehead atoms. The van der Waals surface area contributed by atoms with Crippen LogP contribution in [0, 0.1) is 17.8 Å². The van der Waals surface area contributed by atoms with Gasteiger partial charge in [0.2, 0.25) is 53.2 Å². The molecule has 2 rings (SSSR count). The van der Waals surface area contributed by atoms with E-state index in [1.807, 2.05) is 27.7 Å². The molecule has 1 fully saturated rings. The Morgan fingerprint density at radius 2 is 1.01 bits per heavy atom. The molecule has 0 aliphatic carbocycles. The van der Waals surface area contributed by atoms with Crippen molar-refractivity contribution in [2.75, 3.05) is 32.7 Å². The van der Waals surface area contributed by atoms with Crippen LogP contribution in [-0.4, -0.2) is 145 Å². The maximum Gasteiger partial charge on any atom is 0.243 e. The van der Waals surface area contributed by atoms with E-state index in [1.54, 1.807) is 30.3 Å². The molecule has 18 N–H and O–H groups in total. The summed E-state index contributed by atoms with van der Waals surface area (Å²) in [6.07, 6.45) is 2.47. The molecule has 9 amide bonds. The number of unbranched alkanes of at least 4 members (excludes halogenated alkanes) is 2. The van der Waals surface area contributed by atoms with Gasteiger partial charge in [-0.2, -0.15) is 0 Å². The molecule has 0 saturated carbocycles. The molecule has 9 atom stereocenters. The summed E-state index contributed by atoms with van der Waals surface area (Å²) in [4.78, 5) is 126. The molecule has 23 nitrogen and oxygen atoms in total. The third-order valence-corrected chi connectivity index (χ3v) is 12.6. The Morgan fingerprint density at radius 1 is 0.560 bits per heavy atom. The third kappa shape index (κ3) is 25.6. The van der Waals surface area contributed by atoms with Gasteiger partial charge in [-0.15, -0.1) is 0 Å². The number of rotatable bonds is 25. The van der Waals surface area contributed by atoms with Crippen LogP contribution in [0.3, 0.4) is 0 Å². The molecule has 1 aliphatic heterocycles. The number of amides is 9. The van der Waals surface area contributed by atoms with Gasteiger partial charge in [-0.3, -0.25) is 43.2 Å². The van der Waals surface area contributed by atoms with Gasteiger partial charge in [-0.1, -0.05) is 97.6 Å². The Hall–Kier alpha value is -5.75. The van der Waals surface area contributed by atoms with Gasteiger partial charge >= 0.3 is 0 Å². The largest absolute Gasteiger partial charge is 0.393 e. The summed E-state index contributed by atoms with van der Waals surface area (Å²) in [5.74, 6) is -6.53. The molecule has 1 saturated heterocycles. The van der Waals surface area contributed by atoms with Gasteiger partial charge in [0.15, 0.2) is 0 Å². The minimum Gasteiger partial charge on any atom is -0.393 e. The first kappa shape index (κ1) is 65.4. The van der Waals surface area contributed by atoms with Crippen LogP contribution in [0.15, 0.2) is 30.3 Å². The fourth-order valence-corrected chi connectivity index (χ4v) is 8.52. The van der Waals surface area contributed by atoms with Crippen molar-refractivity contribution < 1.29 is 48.3 Å². The first-order valence-corrected chi connectivity index (χ1v) is 26.8. The summed E-state index contributed by atoms with van der Waals surface area (Å²) in [5, 5.41) is 34.8. The normalized spacial score (nSPS) is 23.0. The number of aliphatic hydroxyl groups excluding tert-OH is 1. The zero-order valence-electron chi connectivity index (χ0n) is 45.2. The van der Waals surface area contributed by atoms with Crippen LogP contribution in [-0.2, 0) is 49.6 Å². The number of nitrogens with two attached hydrogens (primary N) is 4. The minimum absolute atomic E-state index is 0.0371. The number of carbonyl (C=O) groups excluding carboxylic acids is 9. The van der Waals surface area contributed by atoms with Crippen molar-refractivity contribution in [3.05, 3.63) is 35.9 Å². The zero-order valence-corrected chi connectivity index (χ0v) is 45.2. The predicted octanol–water partition coefficient (Wildman–Crippen LogP) is -1.53. The monoisotopic (exact) mass is 1060 g/mol. The van der Waals surface area contributed by atoms with Gasteiger partial charge in [0.05, 0.1) is 12.5 Å². The molecule has 0 spiro atoms. The maximum atomic E-state index is 14.4. The van der Waals surface area contributed by atoms with E-state index >= 15 is 0 Å². The third-order valence-electron chi connectivity index (χ3n) is 12.6. The van der Waals surface area contributed by atoms with Crippen molar-refractivity contribution in [2.24, 2.45) is 40.7 Å². The van der Waals surface area contributed by atoms with E-state index in [1.165, 1.54) is 0 Å². The predicted molar refractivity (Wildman–Crippen MR) is 285 cm³/mol. The van der Waals surface area contributed by atoms with Gasteiger partial charge < -0.3 is 75.9 Å². The van der Waals surface area contributed by atoms with Crippen LogP contribution >= 0.6 is 0 Å². The molecule has 0 radical (unpaired) electrons. The number of carbonyl (C=O) groups is 9. The molecule has 9 unspecified atom stereocenters. The second kappa shape index (κ2) is 35.5. The van der Waals surface area contributed by atoms with Crippen molar-refractivity contribution in [3.63, 3.8) is 0 Å². The fourth-order valence-electron chi connectivity index (χ4n) is 8.52. The first-order valence-electron chi connectivity index (χ1n) is 26.8. The molecular weight excluding hydrogens is 967 g/mol. The molecule has 0 aromatic heterocycles. The highest BCUT2D eigenvalue weighted by molar-refractivity contribution is 5.98. The average Bonchev–Trinajstić information content (AvgIpc) is 3.34. The van der Waals surface area contributed by atoms with Gasteiger partial charge in [0, 0.05) is 13.0 Å². The van der Waals surface area contributed by atoms with Gasteiger partial charge in [-0.05, 0) is 101 Å². The Balaban J connectivity index is 2.65. The zero-order chi connectivity index (χ0) is 56.0. The lowest BCUT2D eigenvalue weighted by molar-refractivity contribution is -0.136. The lowest BCUT2D eigenvalue weighted by Crippen LogP contribution is -2.61. The van der Waals surface area contributed by atoms with Crippen molar-refractivity contribution in [2.45, 2.75) is 186 Å². The Labute approximate surface area is 443 Å². The Bertz CT molecular complexity index is 1960. The summed E-state index contributed by atoms with van der Waals surface area (Å²) >= 11 is 0. The molecule has 23 heteroatoms. The Kier molecular flexibility index (Phi) is 30.9. The summed E-state index contributed by atoms with van der Waals surface area (Å²) in [7, 11) is 0. The van der Waals surface area contributed by atoms with Crippen LogP contribution < -0.4 is 70.8 Å². The molecule has 424 valence electrons. The second-order valence-electron chi connectivity index (χ2n) is 20.8. The molecular formula is C52H91N13O10. The van der Waals surface area contributed by atoms with E-state index in [9.17, 15) is 48.3 Å². The van der Waals surface area contributed by atoms with Crippen LogP contribution in [0.1, 0.15) is 131 Å². The molecule has 1 aliphatic rings. The lowest BCUT2D eigenvalue weighted by atomic mass is 10.00. The van der Waals surface area contributed by atoms with E-state index in [0.29, 0.717) is 17.9 Å². The maximum absolute atomic E-state index is 14.4. The summed E-state index contributed by atoms with van der Waals surface area (Å²) in [6.45, 7) is 11.1. The molecule has 1 aromatic rings. The van der Waals surface area contributed by atoms with Crippen molar-refractivity contribution >= 4 is 53.2 Å². The van der Waals surface area contributed by atoms with Gasteiger partial charge in [0.1, 0.15) is 48.3 Å². The fraction of sp³-hybridized carbons (Fsp3) is 0.712. The molecule has 1 heterocycles. The highest BCUT2D eigenvalue weighted by atomic mass is 16.3. The average molecular weight is 1060 g/mol. The summed E-state index contributed by atoms with van der Waals surface area (Å²) in [5.41, 5.74) is 24.3. The summed E-state index contributed by atoms with van der Waals surface area (Å²) < 4.78 is 0. The van der Waals surface area contributed by atoms with E-state index < -0.39 is 108 Å². The van der Waals surface area contributed by atoms with Crippen molar-refractivity contribution in [1.82, 2.24) is 47.9 Å². The van der Waals surface area contributed by atoms with Crippen molar-refractivity contribution in [1.29, 1.82) is 0 Å². The highest BCUT2D eigenvalue weighted by Crippen LogP contribution is 2.14. The van der Waals surface area contributed by atoms with E-state index in [-0.39, 0.29) is 102 Å². The van der Waals surface area contributed by atoms with Crippen molar-refractivity contribution in [3.8, 4) is 0 Å². The van der Waals surface area contributed by atoms with Gasteiger partial charge in [-0.25, -0.2) is 0 Å². The molecule has 1 aromatic carbocycles.